The second-order valence-electron chi connectivity index (χ2n) is 6.80. The van der Waals surface area contributed by atoms with Crippen LogP contribution in [0.25, 0.3) is 0 Å². The van der Waals surface area contributed by atoms with Gasteiger partial charge in [0.25, 0.3) is 11.2 Å². The van der Waals surface area contributed by atoms with E-state index in [2.05, 4.69) is 5.32 Å². The molecule has 0 fully saturated rings. The molecule has 1 aromatic heterocycles. The molecule has 1 aliphatic rings. The monoisotopic (exact) mass is 387 g/mol. The van der Waals surface area contributed by atoms with Crippen LogP contribution in [0.4, 0.5) is 5.69 Å². The molecular weight excluding hydrogens is 366 g/mol. The van der Waals surface area contributed by atoms with E-state index in [1.165, 1.54) is 0 Å². The molecule has 1 atom stereocenters. The summed E-state index contributed by atoms with van der Waals surface area (Å²) in [6, 6.07) is 7.36. The highest BCUT2D eigenvalue weighted by Crippen LogP contribution is 2.34. The number of ether oxygens (including phenoxy) is 2. The summed E-state index contributed by atoms with van der Waals surface area (Å²) in [7, 11) is 0. The van der Waals surface area contributed by atoms with Crippen molar-refractivity contribution >= 4 is 11.6 Å². The van der Waals surface area contributed by atoms with Gasteiger partial charge in [0.2, 0.25) is 5.91 Å². The highest BCUT2D eigenvalue weighted by atomic mass is 16.6. The lowest BCUT2D eigenvalue weighted by molar-refractivity contribution is -0.385. The van der Waals surface area contributed by atoms with E-state index in [4.69, 9.17) is 9.47 Å². The van der Waals surface area contributed by atoms with Crippen LogP contribution in [0.1, 0.15) is 25.5 Å². The van der Waals surface area contributed by atoms with E-state index in [1.807, 2.05) is 26.0 Å². The van der Waals surface area contributed by atoms with Crippen molar-refractivity contribution in [3.8, 4) is 11.5 Å². The number of nitrogens with zero attached hydrogens (tertiary/aromatic N) is 2. The van der Waals surface area contributed by atoms with E-state index in [0.29, 0.717) is 24.7 Å². The van der Waals surface area contributed by atoms with Crippen molar-refractivity contribution in [2.75, 3.05) is 13.2 Å². The number of carbonyl (C=O) groups is 1. The van der Waals surface area contributed by atoms with E-state index in [0.717, 1.165) is 28.5 Å². The van der Waals surface area contributed by atoms with Crippen LogP contribution in [0.15, 0.2) is 41.3 Å². The first-order chi connectivity index (χ1) is 13.3. The average molecular weight is 387 g/mol. The molecule has 9 heteroatoms. The number of hydrogen-bond acceptors (Lipinski definition) is 6. The van der Waals surface area contributed by atoms with E-state index < -0.39 is 16.4 Å². The quantitative estimate of drug-likeness (QED) is 0.599. The molecule has 1 aliphatic heterocycles. The fourth-order valence-corrected chi connectivity index (χ4v) is 3.01. The highest BCUT2D eigenvalue weighted by molar-refractivity contribution is 5.76. The van der Waals surface area contributed by atoms with Gasteiger partial charge in [0.1, 0.15) is 19.8 Å². The van der Waals surface area contributed by atoms with Crippen molar-refractivity contribution in [3.63, 3.8) is 0 Å². The Morgan fingerprint density at radius 1 is 1.21 bits per heavy atom. The van der Waals surface area contributed by atoms with Crippen molar-refractivity contribution in [3.05, 3.63) is 62.6 Å². The molecule has 28 heavy (non-hydrogen) atoms. The van der Waals surface area contributed by atoms with Gasteiger partial charge in [0, 0.05) is 12.1 Å². The number of nitro groups is 1. The van der Waals surface area contributed by atoms with Gasteiger partial charge in [-0.15, -0.1) is 0 Å². The lowest BCUT2D eigenvalue weighted by Gasteiger charge is -2.25. The highest BCUT2D eigenvalue weighted by Gasteiger charge is 2.22. The lowest BCUT2D eigenvalue weighted by Crippen LogP contribution is -2.36. The number of benzene rings is 1. The van der Waals surface area contributed by atoms with Crippen molar-refractivity contribution < 1.29 is 19.2 Å². The first kappa shape index (κ1) is 19.4. The molecule has 0 spiro atoms. The normalized spacial score (nSPS) is 13.8. The second-order valence-corrected chi connectivity index (χ2v) is 6.80. The van der Waals surface area contributed by atoms with Gasteiger partial charge < -0.3 is 14.8 Å². The standard InChI is InChI=1S/C19H21N3O6/c1-12(2)19(13-3-5-15-16(9-13)28-8-7-27-15)20-17(23)11-21-10-14(22(25)26)4-6-18(21)24/h3-6,9-10,12,19H,7-8,11H2,1-2H3,(H,20,23)/t19-/m0/s1. The van der Waals surface area contributed by atoms with Crippen LogP contribution in [-0.4, -0.2) is 28.6 Å². The molecule has 2 aromatic rings. The maximum absolute atomic E-state index is 12.5. The number of fused-ring (bicyclic) bond motifs is 1. The van der Waals surface area contributed by atoms with Gasteiger partial charge >= 0.3 is 0 Å². The first-order valence-electron chi connectivity index (χ1n) is 8.89. The van der Waals surface area contributed by atoms with Gasteiger partial charge in [0.05, 0.1) is 17.2 Å². The number of aromatic nitrogens is 1. The topological polar surface area (TPSA) is 113 Å². The zero-order chi connectivity index (χ0) is 20.3. The summed E-state index contributed by atoms with van der Waals surface area (Å²) >= 11 is 0. The Bertz CT molecular complexity index is 953. The molecule has 0 saturated carbocycles. The average Bonchev–Trinajstić information content (AvgIpc) is 2.67. The van der Waals surface area contributed by atoms with Gasteiger partial charge in [-0.2, -0.15) is 0 Å². The lowest BCUT2D eigenvalue weighted by atomic mass is 9.95. The van der Waals surface area contributed by atoms with Gasteiger partial charge in [-0.25, -0.2) is 0 Å². The Kier molecular flexibility index (Phi) is 5.62. The van der Waals surface area contributed by atoms with Crippen LogP contribution in [0, 0.1) is 16.0 Å². The van der Waals surface area contributed by atoms with Crippen LogP contribution in [0.5, 0.6) is 11.5 Å². The molecule has 1 N–H and O–H groups in total. The number of rotatable bonds is 6. The molecule has 1 aromatic carbocycles. The number of amides is 1. The number of carbonyl (C=O) groups excluding carboxylic acids is 1. The van der Waals surface area contributed by atoms with E-state index >= 15 is 0 Å². The zero-order valence-electron chi connectivity index (χ0n) is 15.6. The minimum absolute atomic E-state index is 0.0633. The van der Waals surface area contributed by atoms with Crippen LogP contribution in [0.3, 0.4) is 0 Å². The van der Waals surface area contributed by atoms with Gasteiger partial charge in [-0.1, -0.05) is 19.9 Å². The van der Waals surface area contributed by atoms with Crippen molar-refractivity contribution in [1.82, 2.24) is 9.88 Å². The Hall–Kier alpha value is -3.36. The Morgan fingerprint density at radius 2 is 1.93 bits per heavy atom. The summed E-state index contributed by atoms with van der Waals surface area (Å²) in [5.41, 5.74) is 0.111. The van der Waals surface area contributed by atoms with Gasteiger partial charge in [-0.3, -0.25) is 24.3 Å². The SMILES string of the molecule is CC(C)[C@H](NC(=O)Cn1cc([N+](=O)[O-])ccc1=O)c1ccc2c(c1)OCCO2. The molecule has 148 valence electrons. The maximum atomic E-state index is 12.5. The molecular formula is C19H21N3O6. The predicted molar refractivity (Wildman–Crippen MR) is 101 cm³/mol. The molecule has 1 amide bonds. The van der Waals surface area contributed by atoms with Crippen molar-refractivity contribution in [2.24, 2.45) is 5.92 Å². The fraction of sp³-hybridized carbons (Fsp3) is 0.368. The van der Waals surface area contributed by atoms with Crippen molar-refractivity contribution in [2.45, 2.75) is 26.4 Å². The third-order valence-corrected chi connectivity index (χ3v) is 4.40. The zero-order valence-corrected chi connectivity index (χ0v) is 15.6. The third kappa shape index (κ3) is 4.30. The minimum atomic E-state index is -0.611. The summed E-state index contributed by atoms with van der Waals surface area (Å²) in [5, 5.41) is 13.8. The summed E-state index contributed by atoms with van der Waals surface area (Å²) < 4.78 is 12.1. The molecule has 0 aliphatic carbocycles. The van der Waals surface area contributed by atoms with Crippen LogP contribution >= 0.6 is 0 Å². The second kappa shape index (κ2) is 8.12. The van der Waals surface area contributed by atoms with E-state index in [1.54, 1.807) is 6.07 Å². The summed E-state index contributed by atoms with van der Waals surface area (Å²) in [6.07, 6.45) is 1.07. The maximum Gasteiger partial charge on any atom is 0.285 e. The third-order valence-electron chi connectivity index (χ3n) is 4.40. The number of nitrogens with one attached hydrogen (secondary N) is 1. The van der Waals surface area contributed by atoms with Gasteiger partial charge in [-0.05, 0) is 23.6 Å². The van der Waals surface area contributed by atoms with E-state index in [9.17, 15) is 19.7 Å². The van der Waals surface area contributed by atoms with Crippen molar-refractivity contribution in [1.29, 1.82) is 0 Å². The smallest absolute Gasteiger partial charge is 0.285 e. The number of hydrogen-bond donors (Lipinski definition) is 1. The molecule has 0 unspecified atom stereocenters. The summed E-state index contributed by atoms with van der Waals surface area (Å²) in [4.78, 5) is 34.7. The van der Waals surface area contributed by atoms with E-state index in [-0.39, 0.29) is 24.2 Å². The molecule has 9 nitrogen and oxygen atoms in total. The minimum Gasteiger partial charge on any atom is -0.486 e. The molecule has 0 bridgehead atoms. The summed E-state index contributed by atoms with van der Waals surface area (Å²) in [6.45, 7) is 4.57. The van der Waals surface area contributed by atoms with Crippen LogP contribution in [-0.2, 0) is 11.3 Å². The van der Waals surface area contributed by atoms with Crippen LogP contribution in [0.2, 0.25) is 0 Å². The Labute approximate surface area is 161 Å². The van der Waals surface area contributed by atoms with Gasteiger partial charge in [0.15, 0.2) is 11.5 Å². The summed E-state index contributed by atoms with van der Waals surface area (Å²) in [5.74, 6) is 0.926. The fourth-order valence-electron chi connectivity index (χ4n) is 3.01. The largest absolute Gasteiger partial charge is 0.486 e. The van der Waals surface area contributed by atoms with Crippen LogP contribution < -0.4 is 20.3 Å². The Morgan fingerprint density at radius 3 is 2.61 bits per heavy atom. The molecule has 3 rings (SSSR count). The predicted octanol–water partition coefficient (Wildman–Crippen LogP) is 2.04. The number of pyridine rings is 1. The molecule has 0 radical (unpaired) electrons. The Balaban J connectivity index is 1.78. The first-order valence-corrected chi connectivity index (χ1v) is 8.89. The molecule has 0 saturated heterocycles. The molecule has 2 heterocycles.